The smallest absolute Gasteiger partial charge is 0.407 e. The molecule has 0 saturated heterocycles. The first kappa shape index (κ1) is 67.1. The zero-order valence-corrected chi connectivity index (χ0v) is 44.1. The van der Waals surface area contributed by atoms with Crippen molar-refractivity contribution >= 4 is 53.6 Å². The van der Waals surface area contributed by atoms with Gasteiger partial charge in [-0.3, -0.25) is 25.4 Å². The van der Waals surface area contributed by atoms with Gasteiger partial charge in [-0.1, -0.05) is 5.92 Å². The van der Waals surface area contributed by atoms with Gasteiger partial charge in [0.15, 0.2) is 18.0 Å². The highest BCUT2D eigenvalue weighted by Crippen LogP contribution is 2.28. The van der Waals surface area contributed by atoms with E-state index >= 15 is 0 Å². The van der Waals surface area contributed by atoms with E-state index in [0.717, 1.165) is 24.8 Å². The maximum absolute atomic E-state index is 13.3. The highest BCUT2D eigenvalue weighted by molar-refractivity contribution is 5.98. The zero-order valence-electron chi connectivity index (χ0n) is 44.1. The van der Waals surface area contributed by atoms with Crippen molar-refractivity contribution < 1.29 is 107 Å². The van der Waals surface area contributed by atoms with Crippen molar-refractivity contribution in [3.05, 3.63) is 23.7 Å². The number of rotatable bonds is 39. The van der Waals surface area contributed by atoms with Crippen LogP contribution in [0.4, 0.5) is 9.59 Å². The van der Waals surface area contributed by atoms with Crippen molar-refractivity contribution in [1.82, 2.24) is 31.5 Å². The number of hydrogen-bond donors (Lipinski definition) is 15. The van der Waals surface area contributed by atoms with Gasteiger partial charge in [0.25, 0.3) is 0 Å². The fourth-order valence-electron chi connectivity index (χ4n) is 7.36. The van der Waals surface area contributed by atoms with Crippen LogP contribution in [0.1, 0.15) is 26.2 Å². The van der Waals surface area contributed by atoms with Crippen molar-refractivity contribution in [3.63, 3.8) is 0 Å². The molecule has 1 fully saturated rings. The number of carboxylic acids is 2. The normalized spacial score (nSPS) is 20.7. The summed E-state index contributed by atoms with van der Waals surface area (Å²) in [7, 11) is 0. The number of carboxylic acid groups (broad SMARTS) is 2. The van der Waals surface area contributed by atoms with E-state index in [2.05, 4.69) is 37.5 Å². The predicted octanol–water partition coefficient (Wildman–Crippen LogP) is -5.62. The summed E-state index contributed by atoms with van der Waals surface area (Å²) in [5.41, 5.74) is 11.7. The van der Waals surface area contributed by atoms with E-state index in [9.17, 15) is 59.4 Å². The number of guanidine groups is 2. The molecule has 0 bridgehead atoms. The SMILES string of the molecule is C#CCOCCOCCOCCOCCC(=O)N(CCOCCNC(=O)OC[C@@H](O)[C@@H](O)[C@@H]1OC(C(=O)O)=C[C@H](NC(=N)N)[C@H]1N=C1CC1)CCOCCNC(=O)OC[C@@H](O)[C@@H](O)C1OC(C(=O)O)=C[C@H](NC(=N)N)[C@H]1NC(C)=O. The number of nitrogens with one attached hydrogen (secondary N) is 7. The number of nitrogens with two attached hydrogens (primary N) is 2. The van der Waals surface area contributed by atoms with Crippen molar-refractivity contribution in [2.24, 2.45) is 16.5 Å². The number of terminal acetylenes is 1. The summed E-state index contributed by atoms with van der Waals surface area (Å²) in [5, 5.41) is 90.0. The number of amides is 4. The molecule has 17 N–H and O–H groups in total. The lowest BCUT2D eigenvalue weighted by Crippen LogP contribution is -2.64. The minimum atomic E-state index is -1.93. The summed E-state index contributed by atoms with van der Waals surface area (Å²) in [6.07, 6.45) is -3.83. The highest BCUT2D eigenvalue weighted by atomic mass is 16.6. The number of hydrogen-bond acceptors (Lipinski definition) is 23. The fourth-order valence-corrected chi connectivity index (χ4v) is 7.36. The van der Waals surface area contributed by atoms with Gasteiger partial charge in [0, 0.05) is 38.8 Å². The summed E-state index contributed by atoms with van der Waals surface area (Å²) < 4.78 is 53.6. The molecule has 2 aliphatic heterocycles. The molecule has 450 valence electrons. The fraction of sp³-hybridized carbons (Fsp3) is 0.681. The van der Waals surface area contributed by atoms with Crippen LogP contribution in [-0.4, -0.2) is 269 Å². The Labute approximate surface area is 459 Å². The second-order valence-electron chi connectivity index (χ2n) is 17.5. The molecule has 1 aliphatic carbocycles. The molecular formula is C47H75N11O22. The molecule has 80 heavy (non-hydrogen) atoms. The van der Waals surface area contributed by atoms with Crippen LogP contribution in [0.5, 0.6) is 0 Å². The van der Waals surface area contributed by atoms with Crippen LogP contribution in [0, 0.1) is 23.2 Å². The Bertz CT molecular complexity index is 2160. The molecule has 0 radical (unpaired) electrons. The number of aliphatic hydroxyl groups is 4. The second kappa shape index (κ2) is 36.9. The Balaban J connectivity index is 1.43. The summed E-state index contributed by atoms with van der Waals surface area (Å²) in [5.74, 6) is -3.96. The van der Waals surface area contributed by atoms with Crippen LogP contribution in [0.25, 0.3) is 0 Å². The molecule has 0 aromatic heterocycles. The minimum absolute atomic E-state index is 0.00119. The second-order valence-corrected chi connectivity index (χ2v) is 17.5. The molecule has 3 rings (SSSR count). The number of aliphatic hydroxyl groups excluding tert-OH is 4. The van der Waals surface area contributed by atoms with Gasteiger partial charge in [-0.15, -0.1) is 6.42 Å². The first-order valence-electron chi connectivity index (χ1n) is 25.2. The van der Waals surface area contributed by atoms with Crippen LogP contribution in [0.2, 0.25) is 0 Å². The Morgan fingerprint density at radius 2 is 1.14 bits per heavy atom. The third kappa shape index (κ3) is 26.2. The topological polar surface area (TPSA) is 492 Å². The van der Waals surface area contributed by atoms with E-state index in [1.807, 2.05) is 0 Å². The average Bonchev–Trinajstić information content (AvgIpc) is 4.24. The standard InChI is InChI=1S/C47H75N11O22/c1-3-11-71-17-19-75-21-22-76-20-18-72-12-6-35(62)58(9-15-73-13-7-52-46(69)77-25-31(60)38(63)40-36(54-27(2)59)29(56-44(48)49)23-33(79-40)42(65)66)10-16-74-14-8-53-47(70)78-26-32(61)39(64)41-37(55-28-4-5-28)30(57-45(50)51)24-34(80-41)43(67)68/h1,23-24,29-32,36-41,60-61,63-64H,4-22,25-26H2,2H3,(H,52,69)(H,53,70)(H,54,59)(H,65,66)(H,67,68)(H4,48,49,56)(H4,50,51,57)/t29-,30-,31+,32+,36+,37+,38+,39+,40?,41+/m0/s1. The van der Waals surface area contributed by atoms with Gasteiger partial charge in [0.05, 0.1) is 97.2 Å². The van der Waals surface area contributed by atoms with Gasteiger partial charge in [-0.2, -0.15) is 0 Å². The molecule has 3 aliphatic rings. The first-order chi connectivity index (χ1) is 38.2. The summed E-state index contributed by atoms with van der Waals surface area (Å²) in [6.45, 7) is 1.47. The Morgan fingerprint density at radius 3 is 1.61 bits per heavy atom. The van der Waals surface area contributed by atoms with Crippen LogP contribution < -0.4 is 38.1 Å². The quantitative estimate of drug-likeness (QED) is 0.0118. The monoisotopic (exact) mass is 1150 g/mol. The van der Waals surface area contributed by atoms with Crippen LogP contribution in [0.3, 0.4) is 0 Å². The lowest BCUT2D eigenvalue weighted by atomic mass is 9.92. The average molecular weight is 1150 g/mol. The number of ether oxygens (including phenoxy) is 10. The van der Waals surface area contributed by atoms with E-state index in [1.54, 1.807) is 0 Å². The molecule has 33 nitrogen and oxygen atoms in total. The number of alkyl carbamates (subject to hydrolysis) is 2. The maximum Gasteiger partial charge on any atom is 0.407 e. The Hall–Kier alpha value is -7.13. The van der Waals surface area contributed by atoms with E-state index < -0.39 is 127 Å². The summed E-state index contributed by atoms with van der Waals surface area (Å²) in [6, 6.07) is -4.37. The van der Waals surface area contributed by atoms with Gasteiger partial charge in [0.1, 0.15) is 56.4 Å². The molecule has 2 heterocycles. The number of nitrogens with zero attached hydrogens (tertiary/aromatic N) is 2. The number of aliphatic imine (C=N–C) groups is 1. The Kier molecular flexibility index (Phi) is 31.0. The molecule has 33 heteroatoms. The lowest BCUT2D eigenvalue weighted by Gasteiger charge is -2.40. The molecule has 1 unspecified atom stereocenters. The van der Waals surface area contributed by atoms with Crippen molar-refractivity contribution in [3.8, 4) is 12.3 Å². The van der Waals surface area contributed by atoms with Crippen molar-refractivity contribution in [2.45, 2.75) is 87.0 Å². The van der Waals surface area contributed by atoms with E-state index in [0.29, 0.717) is 39.3 Å². The van der Waals surface area contributed by atoms with E-state index in [4.69, 9.17) is 76.1 Å². The van der Waals surface area contributed by atoms with Gasteiger partial charge >= 0.3 is 24.1 Å². The van der Waals surface area contributed by atoms with Gasteiger partial charge in [0.2, 0.25) is 23.3 Å². The van der Waals surface area contributed by atoms with Crippen LogP contribution >= 0.6 is 0 Å². The predicted molar refractivity (Wildman–Crippen MR) is 275 cm³/mol. The Morgan fingerprint density at radius 1 is 0.688 bits per heavy atom. The summed E-state index contributed by atoms with van der Waals surface area (Å²) in [4.78, 5) is 79.6. The largest absolute Gasteiger partial charge is 0.478 e. The first-order valence-corrected chi connectivity index (χ1v) is 25.2. The molecule has 4 amide bonds. The van der Waals surface area contributed by atoms with Crippen LogP contribution in [-0.2, 0) is 66.5 Å². The molecule has 0 aromatic carbocycles. The molecular weight excluding hydrogens is 1070 g/mol. The lowest BCUT2D eigenvalue weighted by molar-refractivity contribution is -0.146. The maximum atomic E-state index is 13.3. The summed E-state index contributed by atoms with van der Waals surface area (Å²) >= 11 is 0. The third-order valence-electron chi connectivity index (χ3n) is 11.3. The van der Waals surface area contributed by atoms with Gasteiger partial charge in [-0.05, 0) is 25.0 Å². The van der Waals surface area contributed by atoms with E-state index in [-0.39, 0.29) is 91.4 Å². The minimum Gasteiger partial charge on any atom is -0.478 e. The third-order valence-corrected chi connectivity index (χ3v) is 11.3. The number of aliphatic carboxylic acids is 2. The molecule has 0 aromatic rings. The van der Waals surface area contributed by atoms with Gasteiger partial charge in [-0.25, -0.2) is 19.2 Å². The molecule has 1 saturated carbocycles. The highest BCUT2D eigenvalue weighted by Gasteiger charge is 2.46. The van der Waals surface area contributed by atoms with Crippen molar-refractivity contribution in [1.29, 1.82) is 10.8 Å². The number of carbonyl (C=O) groups is 6. The van der Waals surface area contributed by atoms with Crippen molar-refractivity contribution in [2.75, 3.05) is 119 Å². The molecule has 10 atom stereocenters. The van der Waals surface area contributed by atoms with Gasteiger partial charge < -0.3 is 121 Å². The van der Waals surface area contributed by atoms with Crippen LogP contribution in [0.15, 0.2) is 28.7 Å². The zero-order chi connectivity index (χ0) is 59.0. The van der Waals surface area contributed by atoms with E-state index in [1.165, 1.54) is 4.90 Å². The molecule has 0 spiro atoms. The number of carbonyl (C=O) groups excluding carboxylic acids is 4.